The Bertz CT molecular complexity index is 1060. The van der Waals surface area contributed by atoms with E-state index in [1.165, 1.54) is 13.2 Å². The van der Waals surface area contributed by atoms with Gasteiger partial charge in [-0.05, 0) is 24.6 Å². The Morgan fingerprint density at radius 2 is 2.17 bits per heavy atom. The Labute approximate surface area is 137 Å². The van der Waals surface area contributed by atoms with Gasteiger partial charge < -0.3 is 19.0 Å². The van der Waals surface area contributed by atoms with Gasteiger partial charge in [0.25, 0.3) is 0 Å². The predicted molar refractivity (Wildman–Crippen MR) is 91.1 cm³/mol. The van der Waals surface area contributed by atoms with Crippen LogP contribution in [0.15, 0.2) is 45.6 Å². The van der Waals surface area contributed by atoms with Crippen molar-refractivity contribution in [3.05, 3.63) is 52.2 Å². The number of rotatable bonds is 2. The minimum atomic E-state index is -0.236. The third-order valence-corrected chi connectivity index (χ3v) is 4.41. The van der Waals surface area contributed by atoms with Crippen LogP contribution >= 0.6 is 0 Å². The molecule has 5 heteroatoms. The van der Waals surface area contributed by atoms with Crippen LogP contribution in [0.1, 0.15) is 12.5 Å². The van der Waals surface area contributed by atoms with Crippen molar-refractivity contribution >= 4 is 21.9 Å². The molecule has 0 amide bonds. The van der Waals surface area contributed by atoms with Crippen molar-refractivity contribution in [3.8, 4) is 17.2 Å². The van der Waals surface area contributed by atoms with E-state index in [-0.39, 0.29) is 22.9 Å². The molecule has 4 rings (SSSR count). The second kappa shape index (κ2) is 5.03. The molecule has 0 saturated carbocycles. The molecule has 3 aromatic rings. The minimum absolute atomic E-state index is 0.0709. The number of aromatic hydroxyl groups is 1. The fourth-order valence-electron chi connectivity index (χ4n) is 3.14. The molecule has 0 spiro atoms. The Morgan fingerprint density at radius 1 is 1.38 bits per heavy atom. The number of hydrogen-bond acceptors (Lipinski definition) is 5. The van der Waals surface area contributed by atoms with Gasteiger partial charge in [0, 0.05) is 18.1 Å². The highest BCUT2D eigenvalue weighted by molar-refractivity contribution is 5.97. The first-order chi connectivity index (χ1) is 11.5. The van der Waals surface area contributed by atoms with E-state index in [4.69, 9.17) is 13.9 Å². The molecule has 2 aromatic carbocycles. The molecule has 0 unspecified atom stereocenters. The summed E-state index contributed by atoms with van der Waals surface area (Å²) in [6.07, 6.45) is 0.397. The zero-order valence-electron chi connectivity index (χ0n) is 13.4. The average Bonchev–Trinajstić information content (AvgIpc) is 2.99. The molecule has 2 heterocycles. The smallest absolute Gasteiger partial charge is 0.204 e. The highest BCUT2D eigenvalue weighted by Gasteiger charge is 2.30. The van der Waals surface area contributed by atoms with Crippen molar-refractivity contribution < 1.29 is 19.0 Å². The van der Waals surface area contributed by atoms with Gasteiger partial charge in [0.1, 0.15) is 28.6 Å². The summed E-state index contributed by atoms with van der Waals surface area (Å²) in [7, 11) is 1.50. The Kier molecular flexibility index (Phi) is 3.06. The molecule has 1 aliphatic rings. The van der Waals surface area contributed by atoms with Crippen molar-refractivity contribution in [2.75, 3.05) is 7.11 Å². The fourth-order valence-corrected chi connectivity index (χ4v) is 3.14. The van der Waals surface area contributed by atoms with Crippen LogP contribution in [0.5, 0.6) is 17.2 Å². The van der Waals surface area contributed by atoms with Gasteiger partial charge in [0.05, 0.1) is 12.5 Å². The van der Waals surface area contributed by atoms with E-state index in [9.17, 15) is 9.90 Å². The van der Waals surface area contributed by atoms with Gasteiger partial charge in [0.2, 0.25) is 5.43 Å². The van der Waals surface area contributed by atoms with Crippen LogP contribution in [0.25, 0.3) is 21.9 Å². The molecule has 1 atom stereocenters. The summed E-state index contributed by atoms with van der Waals surface area (Å²) in [6, 6.07) is 6.44. The van der Waals surface area contributed by atoms with Gasteiger partial charge in [-0.15, -0.1) is 0 Å². The van der Waals surface area contributed by atoms with E-state index in [1.54, 1.807) is 18.2 Å². The number of phenolic OH excluding ortho intramolecular Hbond substituents is 1. The molecular weight excluding hydrogens is 308 g/mol. The number of hydrogen-bond donors (Lipinski definition) is 1. The molecule has 0 saturated heterocycles. The van der Waals surface area contributed by atoms with Crippen LogP contribution in [-0.4, -0.2) is 18.3 Å². The SMILES string of the molecule is C=C(C)[C@H]1Cc2c(cc(OC)c3c(=O)c4cccc(O)c4oc23)O1. The fraction of sp³-hybridized carbons (Fsp3) is 0.211. The van der Waals surface area contributed by atoms with E-state index in [1.807, 2.05) is 6.92 Å². The molecule has 1 N–H and O–H groups in total. The second-order valence-electron chi connectivity index (χ2n) is 6.00. The van der Waals surface area contributed by atoms with E-state index in [2.05, 4.69) is 6.58 Å². The summed E-state index contributed by atoms with van der Waals surface area (Å²) in [6.45, 7) is 5.83. The summed E-state index contributed by atoms with van der Waals surface area (Å²) >= 11 is 0. The van der Waals surface area contributed by atoms with Crippen molar-refractivity contribution in [2.45, 2.75) is 19.4 Å². The van der Waals surface area contributed by atoms with E-state index in [0.717, 1.165) is 11.1 Å². The molecule has 0 radical (unpaired) electrons. The van der Waals surface area contributed by atoms with E-state index in [0.29, 0.717) is 34.3 Å². The summed E-state index contributed by atoms with van der Waals surface area (Å²) in [4.78, 5) is 12.9. The highest BCUT2D eigenvalue weighted by atomic mass is 16.5. The molecule has 0 fully saturated rings. The second-order valence-corrected chi connectivity index (χ2v) is 6.00. The topological polar surface area (TPSA) is 68.9 Å². The van der Waals surface area contributed by atoms with E-state index >= 15 is 0 Å². The maximum atomic E-state index is 12.9. The number of methoxy groups -OCH3 is 1. The third-order valence-electron chi connectivity index (χ3n) is 4.41. The normalized spacial score (nSPS) is 16.2. The van der Waals surface area contributed by atoms with Crippen LogP contribution in [0.3, 0.4) is 0 Å². The first-order valence-electron chi connectivity index (χ1n) is 7.61. The van der Waals surface area contributed by atoms with Crippen LogP contribution < -0.4 is 14.9 Å². The number of phenols is 1. The van der Waals surface area contributed by atoms with Crippen LogP contribution in [0, 0.1) is 0 Å². The maximum Gasteiger partial charge on any atom is 0.204 e. The monoisotopic (exact) mass is 324 g/mol. The maximum absolute atomic E-state index is 12.9. The molecule has 24 heavy (non-hydrogen) atoms. The quantitative estimate of drug-likeness (QED) is 0.577. The zero-order chi connectivity index (χ0) is 17.0. The number of benzene rings is 2. The minimum Gasteiger partial charge on any atom is -0.504 e. The Hall–Kier alpha value is -2.95. The van der Waals surface area contributed by atoms with Gasteiger partial charge >= 0.3 is 0 Å². The van der Waals surface area contributed by atoms with Crippen molar-refractivity contribution in [2.24, 2.45) is 0 Å². The number of para-hydroxylation sites is 1. The standard InChI is InChI=1S/C19H16O5/c1-9(2)13-7-11-14(23-13)8-15(22-3)16-17(21)10-5-4-6-12(20)18(10)24-19(11)16/h4-6,8,13,20H,1,7H2,2-3H3/t13-/m1/s1. The third kappa shape index (κ3) is 1.91. The van der Waals surface area contributed by atoms with Crippen molar-refractivity contribution in [1.29, 1.82) is 0 Å². The van der Waals surface area contributed by atoms with Gasteiger partial charge in [-0.1, -0.05) is 12.6 Å². The number of ether oxygens (including phenoxy) is 2. The van der Waals surface area contributed by atoms with Crippen molar-refractivity contribution in [3.63, 3.8) is 0 Å². The zero-order valence-corrected chi connectivity index (χ0v) is 13.4. The Morgan fingerprint density at radius 3 is 2.88 bits per heavy atom. The van der Waals surface area contributed by atoms with Gasteiger partial charge in [-0.3, -0.25) is 4.79 Å². The first-order valence-corrected chi connectivity index (χ1v) is 7.61. The van der Waals surface area contributed by atoms with Gasteiger partial charge in [0.15, 0.2) is 11.3 Å². The summed E-state index contributed by atoms with van der Waals surface area (Å²) in [5, 5.41) is 10.7. The summed E-state index contributed by atoms with van der Waals surface area (Å²) < 4.78 is 17.2. The molecule has 0 aliphatic carbocycles. The van der Waals surface area contributed by atoms with Gasteiger partial charge in [-0.25, -0.2) is 0 Å². The lowest BCUT2D eigenvalue weighted by Crippen LogP contribution is -2.13. The van der Waals surface area contributed by atoms with E-state index < -0.39 is 0 Å². The molecule has 5 nitrogen and oxygen atoms in total. The van der Waals surface area contributed by atoms with Gasteiger partial charge in [-0.2, -0.15) is 0 Å². The molecule has 1 aromatic heterocycles. The predicted octanol–water partition coefficient (Wildman–Crippen LogP) is 3.54. The summed E-state index contributed by atoms with van der Waals surface area (Å²) in [5.41, 5.74) is 2.02. The largest absolute Gasteiger partial charge is 0.504 e. The average molecular weight is 324 g/mol. The van der Waals surface area contributed by atoms with Crippen molar-refractivity contribution in [1.82, 2.24) is 0 Å². The van der Waals surface area contributed by atoms with Crippen LogP contribution in [-0.2, 0) is 6.42 Å². The molecule has 1 aliphatic heterocycles. The number of fused-ring (bicyclic) bond motifs is 4. The van der Waals surface area contributed by atoms with Crippen LogP contribution in [0.4, 0.5) is 0 Å². The molecular formula is C19H16O5. The highest BCUT2D eigenvalue weighted by Crippen LogP contribution is 2.42. The lowest BCUT2D eigenvalue weighted by molar-refractivity contribution is 0.270. The summed E-state index contributed by atoms with van der Waals surface area (Å²) in [5.74, 6) is 0.939. The first kappa shape index (κ1) is 14.6. The lowest BCUT2D eigenvalue weighted by Gasteiger charge is -2.10. The lowest BCUT2D eigenvalue weighted by atomic mass is 10.0. The molecule has 0 bridgehead atoms. The molecule has 122 valence electrons. The van der Waals surface area contributed by atoms with Crippen LogP contribution in [0.2, 0.25) is 0 Å². The Balaban J connectivity index is 2.15.